The maximum absolute atomic E-state index is 12.5. The molecule has 6 heteroatoms. The molecule has 0 fully saturated rings. The fourth-order valence-corrected chi connectivity index (χ4v) is 2.82. The van der Waals surface area contributed by atoms with E-state index >= 15 is 0 Å². The molecule has 0 radical (unpaired) electrons. The third kappa shape index (κ3) is 3.15. The Bertz CT molecular complexity index is 825. The largest absolute Gasteiger partial charge is 0.480 e. The van der Waals surface area contributed by atoms with Crippen molar-refractivity contribution in [2.24, 2.45) is 0 Å². The van der Waals surface area contributed by atoms with Crippen LogP contribution in [0.5, 0.6) is 0 Å². The minimum absolute atomic E-state index is 0.0597. The molecule has 1 aromatic carbocycles. The zero-order valence-electron chi connectivity index (χ0n) is 12.4. The van der Waals surface area contributed by atoms with E-state index in [1.807, 2.05) is 24.3 Å². The van der Waals surface area contributed by atoms with E-state index in [9.17, 15) is 14.4 Å². The summed E-state index contributed by atoms with van der Waals surface area (Å²) in [6, 6.07) is 10.7. The molecule has 118 valence electrons. The highest BCUT2D eigenvalue weighted by Gasteiger charge is 2.24. The predicted octanol–water partition coefficient (Wildman–Crippen LogP) is 1.06. The van der Waals surface area contributed by atoms with Crippen molar-refractivity contribution in [2.75, 3.05) is 11.4 Å². The van der Waals surface area contributed by atoms with Crippen molar-refractivity contribution in [3.05, 3.63) is 64.1 Å². The van der Waals surface area contributed by atoms with Gasteiger partial charge in [0.05, 0.1) is 6.42 Å². The van der Waals surface area contributed by atoms with Crippen molar-refractivity contribution >= 4 is 17.6 Å². The summed E-state index contributed by atoms with van der Waals surface area (Å²) in [5.41, 5.74) is 2.31. The van der Waals surface area contributed by atoms with E-state index in [1.165, 1.54) is 12.3 Å². The lowest BCUT2D eigenvalue weighted by Gasteiger charge is -2.17. The van der Waals surface area contributed by atoms with Crippen molar-refractivity contribution in [1.29, 1.82) is 0 Å². The summed E-state index contributed by atoms with van der Waals surface area (Å²) in [6.45, 7) is 0.236. The molecule has 1 aliphatic heterocycles. The second-order valence-electron chi connectivity index (χ2n) is 5.50. The molecule has 2 heterocycles. The Morgan fingerprint density at radius 3 is 2.70 bits per heavy atom. The number of rotatable bonds is 4. The lowest BCUT2D eigenvalue weighted by atomic mass is 10.1. The third-order valence-corrected chi connectivity index (χ3v) is 3.89. The highest BCUT2D eigenvalue weighted by Crippen LogP contribution is 2.27. The maximum atomic E-state index is 12.5. The van der Waals surface area contributed by atoms with E-state index in [4.69, 9.17) is 5.11 Å². The van der Waals surface area contributed by atoms with Gasteiger partial charge in [0.15, 0.2) is 0 Å². The number of carboxylic acids is 1. The number of carbonyl (C=O) groups is 2. The van der Waals surface area contributed by atoms with E-state index in [0.717, 1.165) is 22.2 Å². The summed E-state index contributed by atoms with van der Waals surface area (Å²) in [4.78, 5) is 36.6. The zero-order valence-corrected chi connectivity index (χ0v) is 12.4. The van der Waals surface area contributed by atoms with Crippen LogP contribution in [0.4, 0.5) is 5.69 Å². The van der Waals surface area contributed by atoms with Gasteiger partial charge >= 0.3 is 5.97 Å². The Morgan fingerprint density at radius 1 is 1.13 bits per heavy atom. The Hall–Kier alpha value is -2.89. The van der Waals surface area contributed by atoms with E-state index in [-0.39, 0.29) is 12.3 Å². The van der Waals surface area contributed by atoms with Crippen LogP contribution >= 0.6 is 0 Å². The molecule has 0 bridgehead atoms. The number of pyridine rings is 1. The van der Waals surface area contributed by atoms with Crippen LogP contribution in [-0.2, 0) is 29.0 Å². The molecule has 0 saturated heterocycles. The summed E-state index contributed by atoms with van der Waals surface area (Å²) in [6.07, 6.45) is 2.41. The number of hydrogen-bond donors (Lipinski definition) is 1. The highest BCUT2D eigenvalue weighted by atomic mass is 16.4. The fraction of sp³-hybridized carbons (Fsp3) is 0.235. The first-order valence-electron chi connectivity index (χ1n) is 7.34. The summed E-state index contributed by atoms with van der Waals surface area (Å²) in [7, 11) is 0. The average molecular weight is 312 g/mol. The van der Waals surface area contributed by atoms with Crippen molar-refractivity contribution in [3.8, 4) is 0 Å². The van der Waals surface area contributed by atoms with Crippen LogP contribution < -0.4 is 10.5 Å². The normalized spacial score (nSPS) is 13.0. The number of carboxylic acid groups (broad SMARTS) is 1. The van der Waals surface area contributed by atoms with Gasteiger partial charge in [0.2, 0.25) is 5.91 Å². The van der Waals surface area contributed by atoms with Crippen molar-refractivity contribution < 1.29 is 14.7 Å². The average Bonchev–Trinajstić information content (AvgIpc) is 2.94. The topological polar surface area (TPSA) is 79.6 Å². The smallest absolute Gasteiger partial charge is 0.323 e. The second-order valence-corrected chi connectivity index (χ2v) is 5.50. The number of fused-ring (bicyclic) bond motifs is 1. The number of anilines is 1. The van der Waals surface area contributed by atoms with Crippen LogP contribution in [0.15, 0.2) is 47.4 Å². The van der Waals surface area contributed by atoms with Gasteiger partial charge in [-0.15, -0.1) is 0 Å². The monoisotopic (exact) mass is 312 g/mol. The van der Waals surface area contributed by atoms with Crippen molar-refractivity contribution in [2.45, 2.75) is 19.4 Å². The van der Waals surface area contributed by atoms with Crippen LogP contribution in [0, 0.1) is 0 Å². The Balaban J connectivity index is 1.79. The SMILES string of the molecule is O=C(O)Cn1cc(CC(=O)N2CCc3ccccc32)ccc1=O. The van der Waals surface area contributed by atoms with Gasteiger partial charge in [-0.1, -0.05) is 24.3 Å². The van der Waals surface area contributed by atoms with Gasteiger partial charge in [-0.2, -0.15) is 0 Å². The molecule has 0 spiro atoms. The number of para-hydroxylation sites is 1. The molecule has 0 saturated carbocycles. The maximum Gasteiger partial charge on any atom is 0.323 e. The molecule has 0 atom stereocenters. The van der Waals surface area contributed by atoms with E-state index in [1.54, 1.807) is 11.0 Å². The molecular formula is C17H16N2O4. The molecule has 1 aliphatic rings. The number of aliphatic carboxylic acids is 1. The standard InChI is InChI=1S/C17H16N2O4/c20-15-6-5-12(10-18(15)11-17(22)23)9-16(21)19-8-7-13-3-1-2-4-14(13)19/h1-6,10H,7-9,11H2,(H,22,23). The molecule has 0 unspecified atom stereocenters. The molecule has 2 aromatic rings. The Kier molecular flexibility index (Phi) is 3.97. The van der Waals surface area contributed by atoms with Crippen LogP contribution in [0.3, 0.4) is 0 Å². The number of aromatic nitrogens is 1. The summed E-state index contributed by atoms with van der Waals surface area (Å²) in [5, 5.41) is 8.81. The van der Waals surface area contributed by atoms with Crippen LogP contribution in [0.25, 0.3) is 0 Å². The van der Waals surface area contributed by atoms with Gasteiger partial charge in [-0.3, -0.25) is 14.4 Å². The van der Waals surface area contributed by atoms with Gasteiger partial charge in [-0.05, 0) is 23.6 Å². The minimum Gasteiger partial charge on any atom is -0.480 e. The molecule has 0 aliphatic carbocycles. The number of carbonyl (C=O) groups excluding carboxylic acids is 1. The van der Waals surface area contributed by atoms with Gasteiger partial charge < -0.3 is 14.6 Å². The van der Waals surface area contributed by atoms with E-state index in [0.29, 0.717) is 12.1 Å². The molecule has 1 amide bonds. The van der Waals surface area contributed by atoms with E-state index < -0.39 is 18.1 Å². The number of amides is 1. The Morgan fingerprint density at radius 2 is 1.91 bits per heavy atom. The molecule has 6 nitrogen and oxygen atoms in total. The number of benzene rings is 1. The number of nitrogens with zero attached hydrogens (tertiary/aromatic N) is 2. The van der Waals surface area contributed by atoms with Gasteiger partial charge in [0.1, 0.15) is 6.54 Å². The quantitative estimate of drug-likeness (QED) is 0.915. The molecule has 1 aromatic heterocycles. The lowest BCUT2D eigenvalue weighted by molar-refractivity contribution is -0.137. The molecule has 1 N–H and O–H groups in total. The van der Waals surface area contributed by atoms with Gasteiger partial charge in [0, 0.05) is 24.5 Å². The molecular weight excluding hydrogens is 296 g/mol. The predicted molar refractivity (Wildman–Crippen MR) is 84.5 cm³/mol. The summed E-state index contributed by atoms with van der Waals surface area (Å²) < 4.78 is 1.10. The molecule has 23 heavy (non-hydrogen) atoms. The second kappa shape index (κ2) is 6.08. The summed E-state index contributed by atoms with van der Waals surface area (Å²) in [5.74, 6) is -1.15. The Labute approximate surface area is 132 Å². The minimum atomic E-state index is -1.09. The van der Waals surface area contributed by atoms with Gasteiger partial charge in [-0.25, -0.2) is 0 Å². The van der Waals surface area contributed by atoms with Crippen LogP contribution in [0.1, 0.15) is 11.1 Å². The first-order valence-corrected chi connectivity index (χ1v) is 7.34. The van der Waals surface area contributed by atoms with Crippen molar-refractivity contribution in [3.63, 3.8) is 0 Å². The third-order valence-electron chi connectivity index (χ3n) is 3.89. The van der Waals surface area contributed by atoms with Crippen molar-refractivity contribution in [1.82, 2.24) is 4.57 Å². The van der Waals surface area contributed by atoms with Crippen LogP contribution in [0.2, 0.25) is 0 Å². The number of hydrogen-bond acceptors (Lipinski definition) is 3. The van der Waals surface area contributed by atoms with E-state index in [2.05, 4.69) is 0 Å². The van der Waals surface area contributed by atoms with Gasteiger partial charge in [0.25, 0.3) is 5.56 Å². The molecule has 3 rings (SSSR count). The fourth-order valence-electron chi connectivity index (χ4n) is 2.82. The summed E-state index contributed by atoms with van der Waals surface area (Å²) >= 11 is 0. The van der Waals surface area contributed by atoms with Crippen LogP contribution in [-0.4, -0.2) is 28.1 Å². The zero-order chi connectivity index (χ0) is 16.4. The first kappa shape index (κ1) is 15.0. The first-order chi connectivity index (χ1) is 11.0. The lowest BCUT2D eigenvalue weighted by Crippen LogP contribution is -2.31. The highest BCUT2D eigenvalue weighted by molar-refractivity contribution is 5.96.